The molecule has 110 valence electrons. The summed E-state index contributed by atoms with van der Waals surface area (Å²) in [6.07, 6.45) is 3.74. The van der Waals surface area contributed by atoms with E-state index >= 15 is 0 Å². The lowest BCUT2D eigenvalue weighted by molar-refractivity contribution is -0.120. The van der Waals surface area contributed by atoms with Crippen LogP contribution < -0.4 is 20.5 Å². The molecular formula is C14H19ClN2O3. The molecule has 0 bridgehead atoms. The second-order valence-electron chi connectivity index (χ2n) is 5.18. The fourth-order valence-electron chi connectivity index (χ4n) is 2.68. The van der Waals surface area contributed by atoms with Gasteiger partial charge in [-0.15, -0.1) is 12.4 Å². The zero-order valence-corrected chi connectivity index (χ0v) is 11.9. The molecule has 6 heteroatoms. The third-order valence-corrected chi connectivity index (χ3v) is 3.73. The van der Waals surface area contributed by atoms with Gasteiger partial charge in [-0.05, 0) is 31.4 Å². The van der Waals surface area contributed by atoms with Gasteiger partial charge in [0.15, 0.2) is 11.5 Å². The van der Waals surface area contributed by atoms with Crippen LogP contribution in [0.2, 0.25) is 0 Å². The number of carbonyl (C=O) groups excluding carboxylic acids is 1. The topological polar surface area (TPSA) is 73.6 Å². The average molecular weight is 299 g/mol. The maximum absolute atomic E-state index is 12.2. The Morgan fingerprint density at radius 1 is 1.25 bits per heavy atom. The minimum atomic E-state index is 0. The van der Waals surface area contributed by atoms with E-state index in [0.717, 1.165) is 37.1 Å². The first-order chi connectivity index (χ1) is 9.22. The molecule has 2 unspecified atom stereocenters. The van der Waals surface area contributed by atoms with E-state index < -0.39 is 0 Å². The predicted molar refractivity (Wildman–Crippen MR) is 78.4 cm³/mol. The van der Waals surface area contributed by atoms with Gasteiger partial charge >= 0.3 is 0 Å². The molecule has 1 aliphatic heterocycles. The van der Waals surface area contributed by atoms with Crippen LogP contribution in [0.4, 0.5) is 5.69 Å². The average Bonchev–Trinajstić information content (AvgIpc) is 2.86. The molecule has 1 aromatic carbocycles. The highest BCUT2D eigenvalue weighted by atomic mass is 35.5. The summed E-state index contributed by atoms with van der Waals surface area (Å²) in [7, 11) is 0. The molecule has 1 heterocycles. The number of amides is 1. The molecule has 0 radical (unpaired) electrons. The lowest BCUT2D eigenvalue weighted by Crippen LogP contribution is -2.34. The Balaban J connectivity index is 0.00000147. The summed E-state index contributed by atoms with van der Waals surface area (Å²) in [6.45, 7) is 0.240. The molecule has 1 amide bonds. The van der Waals surface area contributed by atoms with Crippen molar-refractivity contribution in [3.63, 3.8) is 0 Å². The summed E-state index contributed by atoms with van der Waals surface area (Å²) < 4.78 is 10.5. The number of hydrogen-bond donors (Lipinski definition) is 2. The van der Waals surface area contributed by atoms with Crippen LogP contribution >= 0.6 is 12.4 Å². The summed E-state index contributed by atoms with van der Waals surface area (Å²) in [4.78, 5) is 12.2. The van der Waals surface area contributed by atoms with Crippen molar-refractivity contribution in [2.75, 3.05) is 12.1 Å². The Morgan fingerprint density at radius 2 is 2.05 bits per heavy atom. The zero-order chi connectivity index (χ0) is 13.2. The Hall–Kier alpha value is -1.46. The molecule has 2 atom stereocenters. The summed E-state index contributed by atoms with van der Waals surface area (Å²) in [6, 6.07) is 5.59. The summed E-state index contributed by atoms with van der Waals surface area (Å²) >= 11 is 0. The van der Waals surface area contributed by atoms with Gasteiger partial charge in [0, 0.05) is 23.7 Å². The van der Waals surface area contributed by atoms with Crippen LogP contribution in [0.15, 0.2) is 18.2 Å². The minimum absolute atomic E-state index is 0. The quantitative estimate of drug-likeness (QED) is 0.878. The number of ether oxygens (including phenoxy) is 2. The molecule has 3 N–H and O–H groups in total. The fourth-order valence-corrected chi connectivity index (χ4v) is 2.68. The van der Waals surface area contributed by atoms with Crippen molar-refractivity contribution in [3.05, 3.63) is 18.2 Å². The number of carbonyl (C=O) groups is 1. The van der Waals surface area contributed by atoms with Gasteiger partial charge in [-0.3, -0.25) is 4.79 Å². The van der Waals surface area contributed by atoms with Gasteiger partial charge in [0.1, 0.15) is 0 Å². The SMILES string of the molecule is Cl.NC1CCCC(C(=O)Nc2ccc3c(c2)OCO3)C1. The van der Waals surface area contributed by atoms with E-state index in [1.165, 1.54) is 0 Å². The van der Waals surface area contributed by atoms with Crippen LogP contribution in [0.3, 0.4) is 0 Å². The van der Waals surface area contributed by atoms with Gasteiger partial charge in [0.2, 0.25) is 12.7 Å². The van der Waals surface area contributed by atoms with Crippen molar-refractivity contribution in [2.24, 2.45) is 11.7 Å². The Kier molecular flexibility index (Phi) is 4.73. The van der Waals surface area contributed by atoms with Gasteiger partial charge in [0.25, 0.3) is 0 Å². The van der Waals surface area contributed by atoms with E-state index in [-0.39, 0.29) is 37.1 Å². The number of anilines is 1. The maximum Gasteiger partial charge on any atom is 0.231 e. The summed E-state index contributed by atoms with van der Waals surface area (Å²) in [5.74, 6) is 1.47. The van der Waals surface area contributed by atoms with Gasteiger partial charge in [-0.25, -0.2) is 0 Å². The molecule has 5 nitrogen and oxygen atoms in total. The Labute approximate surface area is 124 Å². The smallest absolute Gasteiger partial charge is 0.231 e. The maximum atomic E-state index is 12.2. The van der Waals surface area contributed by atoms with Crippen LogP contribution in [-0.4, -0.2) is 18.7 Å². The highest BCUT2D eigenvalue weighted by Gasteiger charge is 2.25. The van der Waals surface area contributed by atoms with E-state index in [0.29, 0.717) is 5.75 Å². The molecule has 20 heavy (non-hydrogen) atoms. The Morgan fingerprint density at radius 3 is 2.85 bits per heavy atom. The number of benzene rings is 1. The van der Waals surface area contributed by atoms with Gasteiger partial charge in [-0.1, -0.05) is 6.42 Å². The number of nitrogens with one attached hydrogen (secondary N) is 1. The van der Waals surface area contributed by atoms with Crippen LogP contribution in [0.5, 0.6) is 11.5 Å². The van der Waals surface area contributed by atoms with Crippen LogP contribution in [-0.2, 0) is 4.79 Å². The molecule has 1 aliphatic carbocycles. The number of fused-ring (bicyclic) bond motifs is 1. The molecular weight excluding hydrogens is 280 g/mol. The molecule has 0 aromatic heterocycles. The first kappa shape index (κ1) is 14.9. The van der Waals surface area contributed by atoms with Gasteiger partial charge in [-0.2, -0.15) is 0 Å². The third-order valence-electron chi connectivity index (χ3n) is 3.73. The normalized spacial score (nSPS) is 23.9. The molecule has 3 rings (SSSR count). The fraction of sp³-hybridized carbons (Fsp3) is 0.500. The van der Waals surface area contributed by atoms with Crippen molar-refractivity contribution < 1.29 is 14.3 Å². The lowest BCUT2D eigenvalue weighted by Gasteiger charge is -2.25. The van der Waals surface area contributed by atoms with Crippen molar-refractivity contribution in [1.29, 1.82) is 0 Å². The molecule has 2 aliphatic rings. The monoisotopic (exact) mass is 298 g/mol. The van der Waals surface area contributed by atoms with E-state index in [1.807, 2.05) is 12.1 Å². The van der Waals surface area contributed by atoms with E-state index in [1.54, 1.807) is 6.07 Å². The zero-order valence-electron chi connectivity index (χ0n) is 11.1. The second-order valence-corrected chi connectivity index (χ2v) is 5.18. The third kappa shape index (κ3) is 3.16. The summed E-state index contributed by atoms with van der Waals surface area (Å²) in [5.41, 5.74) is 6.66. The molecule has 0 saturated heterocycles. The largest absolute Gasteiger partial charge is 0.454 e. The van der Waals surface area contributed by atoms with Gasteiger partial charge in [0.05, 0.1) is 0 Å². The van der Waals surface area contributed by atoms with Crippen LogP contribution in [0.1, 0.15) is 25.7 Å². The van der Waals surface area contributed by atoms with Crippen molar-refractivity contribution in [1.82, 2.24) is 0 Å². The predicted octanol–water partition coefficient (Wildman–Crippen LogP) is 2.29. The van der Waals surface area contributed by atoms with E-state index in [9.17, 15) is 4.79 Å². The van der Waals surface area contributed by atoms with Crippen LogP contribution in [0, 0.1) is 5.92 Å². The minimum Gasteiger partial charge on any atom is -0.454 e. The number of hydrogen-bond acceptors (Lipinski definition) is 4. The molecule has 1 fully saturated rings. The first-order valence-electron chi connectivity index (χ1n) is 6.68. The Bertz CT molecular complexity index is 495. The van der Waals surface area contributed by atoms with Crippen LogP contribution in [0.25, 0.3) is 0 Å². The lowest BCUT2D eigenvalue weighted by atomic mass is 9.85. The summed E-state index contributed by atoms with van der Waals surface area (Å²) in [5, 5.41) is 2.93. The molecule has 1 aromatic rings. The van der Waals surface area contributed by atoms with Crippen molar-refractivity contribution in [2.45, 2.75) is 31.7 Å². The number of nitrogens with two attached hydrogens (primary N) is 1. The van der Waals surface area contributed by atoms with Gasteiger partial charge < -0.3 is 20.5 Å². The second kappa shape index (κ2) is 6.33. The number of rotatable bonds is 2. The number of halogens is 1. The highest BCUT2D eigenvalue weighted by molar-refractivity contribution is 5.93. The van der Waals surface area contributed by atoms with Crippen molar-refractivity contribution in [3.8, 4) is 11.5 Å². The van der Waals surface area contributed by atoms with E-state index in [4.69, 9.17) is 15.2 Å². The van der Waals surface area contributed by atoms with E-state index in [2.05, 4.69) is 5.32 Å². The molecule has 1 saturated carbocycles. The highest BCUT2D eigenvalue weighted by Crippen LogP contribution is 2.34. The molecule has 0 spiro atoms. The van der Waals surface area contributed by atoms with Crippen molar-refractivity contribution >= 4 is 24.0 Å². The standard InChI is InChI=1S/C14H18N2O3.ClH/c15-10-3-1-2-9(6-10)14(17)16-11-4-5-12-13(7-11)19-8-18-12;/h4-5,7,9-10H,1-3,6,8,15H2,(H,16,17);1H. The first-order valence-corrected chi connectivity index (χ1v) is 6.68.